The van der Waals surface area contributed by atoms with Gasteiger partial charge < -0.3 is 14.2 Å². The largest absolute Gasteiger partial charge is 0.492 e. The summed E-state index contributed by atoms with van der Waals surface area (Å²) in [6.07, 6.45) is 1.47. The van der Waals surface area contributed by atoms with Gasteiger partial charge >= 0.3 is 0 Å². The van der Waals surface area contributed by atoms with Crippen molar-refractivity contribution in [2.75, 3.05) is 21.3 Å². The van der Waals surface area contributed by atoms with Crippen molar-refractivity contribution in [2.45, 2.75) is 0 Å². The highest BCUT2D eigenvalue weighted by molar-refractivity contribution is 5.86. The molecule has 0 spiro atoms. The molecule has 152 valence electrons. The number of benzene rings is 2. The Labute approximate surface area is 173 Å². The second kappa shape index (κ2) is 9.05. The highest BCUT2D eigenvalue weighted by Gasteiger charge is 2.22. The Bertz CT molecular complexity index is 1170. The van der Waals surface area contributed by atoms with E-state index in [1.54, 1.807) is 54.6 Å². The number of hydrogen-bond donors (Lipinski definition) is 0. The number of carbonyl (C=O) groups is 2. The maximum absolute atomic E-state index is 13.2. The van der Waals surface area contributed by atoms with Gasteiger partial charge in [-0.15, -0.1) is 0 Å². The van der Waals surface area contributed by atoms with Crippen molar-refractivity contribution in [1.29, 1.82) is 0 Å². The van der Waals surface area contributed by atoms with Crippen LogP contribution < -0.4 is 19.6 Å². The third-order valence-corrected chi connectivity index (χ3v) is 4.68. The molecule has 0 amide bonds. The van der Waals surface area contributed by atoms with Crippen molar-refractivity contribution in [3.63, 3.8) is 0 Å². The number of aldehydes is 2. The second-order valence-electron chi connectivity index (χ2n) is 6.39. The Morgan fingerprint density at radius 1 is 0.633 bits per heavy atom. The van der Waals surface area contributed by atoms with E-state index in [1.165, 1.54) is 21.3 Å². The van der Waals surface area contributed by atoms with E-state index in [2.05, 4.69) is 0 Å². The molecule has 0 heterocycles. The minimum atomic E-state index is -0.499. The number of methoxy groups -OCH3 is 3. The molecular weight excluding hydrogens is 384 g/mol. The zero-order valence-electron chi connectivity index (χ0n) is 16.8. The lowest BCUT2D eigenvalue weighted by Gasteiger charge is -2.10. The summed E-state index contributed by atoms with van der Waals surface area (Å²) in [6.45, 7) is 0. The first-order valence-corrected chi connectivity index (χ1v) is 9.06. The second-order valence-corrected chi connectivity index (χ2v) is 6.39. The number of rotatable bonds is 7. The van der Waals surface area contributed by atoms with Crippen LogP contribution in [-0.2, 0) is 0 Å². The van der Waals surface area contributed by atoms with Crippen LogP contribution in [0.25, 0.3) is 22.3 Å². The normalized spacial score (nSPS) is 10.2. The van der Waals surface area contributed by atoms with Gasteiger partial charge in [-0.05, 0) is 29.3 Å². The van der Waals surface area contributed by atoms with Gasteiger partial charge in [-0.1, -0.05) is 36.4 Å². The van der Waals surface area contributed by atoms with Gasteiger partial charge in [0.1, 0.15) is 12.6 Å². The molecule has 3 aromatic rings. The van der Waals surface area contributed by atoms with Crippen molar-refractivity contribution in [3.8, 4) is 39.5 Å². The van der Waals surface area contributed by atoms with Crippen LogP contribution in [0.1, 0.15) is 20.7 Å². The van der Waals surface area contributed by atoms with Gasteiger partial charge in [-0.25, -0.2) is 0 Å². The van der Waals surface area contributed by atoms with Gasteiger partial charge in [0.15, 0.2) is 11.5 Å². The number of carbonyl (C=O) groups excluding carboxylic acids is 2. The first-order chi connectivity index (χ1) is 14.6. The predicted molar refractivity (Wildman–Crippen MR) is 114 cm³/mol. The first-order valence-electron chi connectivity index (χ1n) is 9.06. The van der Waals surface area contributed by atoms with Crippen LogP contribution in [-0.4, -0.2) is 33.9 Å². The molecule has 0 aliphatic carbocycles. The average Bonchev–Trinajstić information content (AvgIpc) is 2.92. The molecule has 0 aliphatic heterocycles. The van der Waals surface area contributed by atoms with Crippen molar-refractivity contribution in [3.05, 3.63) is 75.9 Å². The summed E-state index contributed by atoms with van der Waals surface area (Å²) in [5.74, 6) is 0.228. The van der Waals surface area contributed by atoms with E-state index in [0.717, 1.165) is 12.6 Å². The fourth-order valence-corrected chi connectivity index (χ4v) is 3.30. The van der Waals surface area contributed by atoms with Crippen LogP contribution in [0.5, 0.6) is 17.2 Å². The monoisotopic (exact) mass is 404 g/mol. The lowest BCUT2D eigenvalue weighted by Crippen LogP contribution is -2.08. The summed E-state index contributed by atoms with van der Waals surface area (Å²) in [4.78, 5) is 35.8. The first kappa shape index (κ1) is 20.8. The molecule has 0 aromatic heterocycles. The van der Waals surface area contributed by atoms with Gasteiger partial charge in [-0.2, -0.15) is 0 Å². The zero-order valence-corrected chi connectivity index (χ0v) is 16.8. The fraction of sp³-hybridized carbons (Fsp3) is 0.125. The molecule has 0 atom stereocenters. The molecule has 0 saturated heterocycles. The quantitative estimate of drug-likeness (QED) is 0.553. The van der Waals surface area contributed by atoms with E-state index in [4.69, 9.17) is 14.2 Å². The highest BCUT2D eigenvalue weighted by atomic mass is 16.5. The van der Waals surface area contributed by atoms with Gasteiger partial charge in [-0.3, -0.25) is 14.4 Å². The summed E-state index contributed by atoms with van der Waals surface area (Å²) in [5.41, 5.74) is 2.68. The highest BCUT2D eigenvalue weighted by Crippen LogP contribution is 2.41. The van der Waals surface area contributed by atoms with Crippen molar-refractivity contribution in [1.82, 2.24) is 0 Å². The molecule has 0 unspecified atom stereocenters. The van der Waals surface area contributed by atoms with Gasteiger partial charge in [0.05, 0.1) is 21.3 Å². The average molecular weight is 404 g/mol. The molecule has 0 fully saturated rings. The van der Waals surface area contributed by atoms with E-state index >= 15 is 0 Å². The Balaban J connectivity index is 2.50. The Morgan fingerprint density at radius 2 is 1.10 bits per heavy atom. The van der Waals surface area contributed by atoms with Crippen molar-refractivity contribution >= 4 is 12.6 Å². The van der Waals surface area contributed by atoms with Gasteiger partial charge in [0, 0.05) is 22.3 Å². The molecule has 6 nitrogen and oxygen atoms in total. The lowest BCUT2D eigenvalue weighted by molar-refractivity contribution is 0.111. The molecule has 3 rings (SSSR count). The van der Waals surface area contributed by atoms with Crippen LogP contribution in [0.2, 0.25) is 0 Å². The number of ether oxygens (including phenoxy) is 3. The van der Waals surface area contributed by atoms with E-state index < -0.39 is 5.43 Å². The maximum Gasteiger partial charge on any atom is 0.266 e. The Hall–Kier alpha value is -3.93. The minimum absolute atomic E-state index is 0.0290. The number of hydrogen-bond acceptors (Lipinski definition) is 6. The van der Waals surface area contributed by atoms with Crippen LogP contribution in [0.4, 0.5) is 0 Å². The molecule has 0 bridgehead atoms. The molecule has 0 radical (unpaired) electrons. The lowest BCUT2D eigenvalue weighted by atomic mass is 9.99. The molecular formula is C24H20O6. The van der Waals surface area contributed by atoms with Crippen molar-refractivity contribution in [2.24, 2.45) is 0 Å². The third kappa shape index (κ3) is 3.80. The summed E-state index contributed by atoms with van der Waals surface area (Å²) in [6, 6.07) is 15.5. The van der Waals surface area contributed by atoms with E-state index in [-0.39, 0.29) is 17.2 Å². The predicted octanol–water partition coefficient (Wildman–Crippen LogP) is 4.03. The Morgan fingerprint density at radius 3 is 1.53 bits per heavy atom. The summed E-state index contributed by atoms with van der Waals surface area (Å²) in [7, 11) is 4.20. The summed E-state index contributed by atoms with van der Waals surface area (Å²) < 4.78 is 16.4. The van der Waals surface area contributed by atoms with Crippen LogP contribution in [0.15, 0.2) is 59.4 Å². The van der Waals surface area contributed by atoms with E-state index in [9.17, 15) is 14.4 Å². The van der Waals surface area contributed by atoms with Gasteiger partial charge in [0.25, 0.3) is 5.43 Å². The smallest absolute Gasteiger partial charge is 0.266 e. The van der Waals surface area contributed by atoms with Crippen LogP contribution in [0, 0.1) is 0 Å². The molecule has 30 heavy (non-hydrogen) atoms. The molecule has 0 aliphatic rings. The summed E-state index contributed by atoms with van der Waals surface area (Å²) >= 11 is 0. The van der Waals surface area contributed by atoms with E-state index in [0.29, 0.717) is 33.4 Å². The fourth-order valence-electron chi connectivity index (χ4n) is 3.30. The standard InChI is InChI=1S/C24H20O6/c1-28-22-19(17-8-4-6-15(10-17)13-25)12-20(18-9-5-7-16(11-18)14-26)23(29-2)24(30-3)21(22)27/h4-14H,1-3H3. The third-order valence-electron chi connectivity index (χ3n) is 4.68. The maximum atomic E-state index is 13.2. The van der Waals surface area contributed by atoms with Crippen LogP contribution in [0.3, 0.4) is 0 Å². The molecule has 3 aromatic carbocycles. The van der Waals surface area contributed by atoms with Crippen LogP contribution >= 0.6 is 0 Å². The minimum Gasteiger partial charge on any atom is -0.492 e. The molecule has 6 heteroatoms. The topological polar surface area (TPSA) is 78.9 Å². The van der Waals surface area contributed by atoms with Crippen molar-refractivity contribution < 1.29 is 23.8 Å². The zero-order chi connectivity index (χ0) is 21.7. The molecule has 0 N–H and O–H groups in total. The van der Waals surface area contributed by atoms with Gasteiger partial charge in [0.2, 0.25) is 5.75 Å². The summed E-state index contributed by atoms with van der Waals surface area (Å²) in [5, 5.41) is 0. The Kier molecular flexibility index (Phi) is 6.27. The SMILES string of the molecule is COc1c(-c2cccc(C=O)c2)cc(-c2cccc(C=O)c2)c(OC)c(=O)c1OC. The van der Waals surface area contributed by atoms with E-state index in [1.807, 2.05) is 0 Å². The molecule has 0 saturated carbocycles.